The number of aliphatic hydroxyl groups excluding tert-OH is 1. The summed E-state index contributed by atoms with van der Waals surface area (Å²) in [4.78, 5) is 0. The summed E-state index contributed by atoms with van der Waals surface area (Å²) < 4.78 is 5.53. The first-order chi connectivity index (χ1) is 7.31. The largest absolute Gasteiger partial charge is 0.390 e. The van der Waals surface area contributed by atoms with Crippen LogP contribution >= 0.6 is 0 Å². The summed E-state index contributed by atoms with van der Waals surface area (Å²) >= 11 is 0. The average Bonchev–Trinajstić information content (AvgIpc) is 2.26. The zero-order chi connectivity index (χ0) is 10.7. The van der Waals surface area contributed by atoms with E-state index in [4.69, 9.17) is 4.74 Å². The summed E-state index contributed by atoms with van der Waals surface area (Å²) in [6.45, 7) is 4.11. The van der Waals surface area contributed by atoms with E-state index in [1.807, 2.05) is 12.1 Å². The van der Waals surface area contributed by atoms with Crippen LogP contribution in [0.15, 0.2) is 36.9 Å². The van der Waals surface area contributed by atoms with E-state index >= 15 is 0 Å². The van der Waals surface area contributed by atoms with Gasteiger partial charge < -0.3 is 9.84 Å². The van der Waals surface area contributed by atoms with Crippen molar-refractivity contribution in [2.24, 2.45) is 0 Å². The van der Waals surface area contributed by atoms with Crippen LogP contribution in [-0.2, 0) is 17.6 Å². The Bertz CT molecular complexity index is 346. The van der Waals surface area contributed by atoms with Crippen LogP contribution in [0.2, 0.25) is 0 Å². The van der Waals surface area contributed by atoms with Crippen molar-refractivity contribution >= 4 is 0 Å². The van der Waals surface area contributed by atoms with E-state index in [0.717, 1.165) is 6.42 Å². The average molecular weight is 204 g/mol. The van der Waals surface area contributed by atoms with Gasteiger partial charge in [-0.25, -0.2) is 0 Å². The van der Waals surface area contributed by atoms with Crippen LogP contribution in [0.4, 0.5) is 0 Å². The van der Waals surface area contributed by atoms with Crippen molar-refractivity contribution in [2.45, 2.75) is 25.0 Å². The fourth-order valence-corrected chi connectivity index (χ4v) is 2.03. The van der Waals surface area contributed by atoms with Gasteiger partial charge in [-0.1, -0.05) is 30.3 Å². The molecule has 0 aliphatic heterocycles. The van der Waals surface area contributed by atoms with Crippen molar-refractivity contribution in [3.63, 3.8) is 0 Å². The van der Waals surface area contributed by atoms with Crippen molar-refractivity contribution in [3.05, 3.63) is 48.0 Å². The van der Waals surface area contributed by atoms with Crippen LogP contribution in [-0.4, -0.2) is 23.9 Å². The molecule has 80 valence electrons. The summed E-state index contributed by atoms with van der Waals surface area (Å²) in [7, 11) is 0. The Morgan fingerprint density at radius 1 is 1.33 bits per heavy atom. The van der Waals surface area contributed by atoms with Gasteiger partial charge in [-0.05, 0) is 11.1 Å². The van der Waals surface area contributed by atoms with E-state index in [2.05, 4.69) is 18.7 Å². The first-order valence-corrected chi connectivity index (χ1v) is 5.28. The maximum absolute atomic E-state index is 9.88. The minimum atomic E-state index is -0.389. The number of fused-ring (bicyclic) bond motifs is 1. The van der Waals surface area contributed by atoms with Gasteiger partial charge >= 0.3 is 0 Å². The topological polar surface area (TPSA) is 29.5 Å². The summed E-state index contributed by atoms with van der Waals surface area (Å²) in [5.41, 5.74) is 2.53. The fourth-order valence-electron chi connectivity index (χ4n) is 2.03. The third-order valence-electron chi connectivity index (χ3n) is 2.83. The molecule has 0 spiro atoms. The second-order valence-corrected chi connectivity index (χ2v) is 3.90. The normalized spacial score (nSPS) is 24.6. The molecule has 1 N–H and O–H groups in total. The lowest BCUT2D eigenvalue weighted by Gasteiger charge is -2.29. The summed E-state index contributed by atoms with van der Waals surface area (Å²) in [5.74, 6) is 0. The highest BCUT2D eigenvalue weighted by Crippen LogP contribution is 2.23. The number of benzene rings is 1. The third kappa shape index (κ3) is 2.28. The number of rotatable bonds is 3. The van der Waals surface area contributed by atoms with E-state index < -0.39 is 0 Å². The Hall–Kier alpha value is -1.12. The van der Waals surface area contributed by atoms with Crippen LogP contribution < -0.4 is 0 Å². The van der Waals surface area contributed by atoms with E-state index in [1.165, 1.54) is 11.1 Å². The van der Waals surface area contributed by atoms with Crippen molar-refractivity contribution in [1.82, 2.24) is 0 Å². The molecule has 15 heavy (non-hydrogen) atoms. The van der Waals surface area contributed by atoms with Gasteiger partial charge in [-0.3, -0.25) is 0 Å². The first-order valence-electron chi connectivity index (χ1n) is 5.28. The molecule has 1 aromatic carbocycles. The third-order valence-corrected chi connectivity index (χ3v) is 2.83. The second-order valence-electron chi connectivity index (χ2n) is 3.90. The standard InChI is InChI=1S/C13H16O2/c1-2-7-15-13-9-11-6-4-3-5-10(11)8-12(13)14/h2-6,12-14H,1,7-9H2/t12-,13+/m0/s1. The van der Waals surface area contributed by atoms with Crippen molar-refractivity contribution in [2.75, 3.05) is 6.61 Å². The van der Waals surface area contributed by atoms with E-state index in [-0.39, 0.29) is 12.2 Å². The van der Waals surface area contributed by atoms with Gasteiger partial charge in [0.2, 0.25) is 0 Å². The molecule has 2 rings (SSSR count). The smallest absolute Gasteiger partial charge is 0.0881 e. The van der Waals surface area contributed by atoms with Crippen LogP contribution in [0.3, 0.4) is 0 Å². The lowest BCUT2D eigenvalue weighted by Crippen LogP contribution is -2.37. The fraction of sp³-hybridized carbons (Fsp3) is 0.385. The predicted molar refractivity (Wildman–Crippen MR) is 59.8 cm³/mol. The molecule has 0 aromatic heterocycles. The predicted octanol–water partition coefficient (Wildman–Crippen LogP) is 1.72. The quantitative estimate of drug-likeness (QED) is 0.760. The zero-order valence-electron chi connectivity index (χ0n) is 8.73. The first kappa shape index (κ1) is 10.4. The molecule has 0 unspecified atom stereocenters. The lowest BCUT2D eigenvalue weighted by molar-refractivity contribution is -0.0304. The van der Waals surface area contributed by atoms with Crippen LogP contribution in [0, 0.1) is 0 Å². The Morgan fingerprint density at radius 2 is 2.00 bits per heavy atom. The maximum atomic E-state index is 9.88. The molecular weight excluding hydrogens is 188 g/mol. The van der Waals surface area contributed by atoms with Gasteiger partial charge in [0.05, 0.1) is 18.8 Å². The molecule has 0 heterocycles. The van der Waals surface area contributed by atoms with E-state index in [0.29, 0.717) is 13.0 Å². The Balaban J connectivity index is 2.11. The van der Waals surface area contributed by atoms with Gasteiger partial charge in [0.15, 0.2) is 0 Å². The van der Waals surface area contributed by atoms with Gasteiger partial charge in [0.1, 0.15) is 0 Å². The van der Waals surface area contributed by atoms with Gasteiger partial charge in [0, 0.05) is 12.8 Å². The lowest BCUT2D eigenvalue weighted by atomic mass is 9.88. The summed E-state index contributed by atoms with van der Waals surface area (Å²) in [6.07, 6.45) is 2.73. The monoisotopic (exact) mass is 204 g/mol. The highest BCUT2D eigenvalue weighted by Gasteiger charge is 2.26. The number of hydrogen-bond donors (Lipinski definition) is 1. The molecule has 0 saturated carbocycles. The molecule has 1 aliphatic rings. The maximum Gasteiger partial charge on any atom is 0.0881 e. The summed E-state index contributed by atoms with van der Waals surface area (Å²) in [6, 6.07) is 8.21. The zero-order valence-corrected chi connectivity index (χ0v) is 8.73. The molecule has 2 heteroatoms. The summed E-state index contributed by atoms with van der Waals surface area (Å²) in [5, 5.41) is 9.88. The molecule has 2 atom stereocenters. The highest BCUT2D eigenvalue weighted by atomic mass is 16.5. The second kappa shape index (κ2) is 4.60. The Morgan fingerprint density at radius 3 is 2.67 bits per heavy atom. The van der Waals surface area contributed by atoms with Crippen molar-refractivity contribution in [1.29, 1.82) is 0 Å². The minimum absolute atomic E-state index is 0.0853. The number of ether oxygens (including phenoxy) is 1. The molecule has 0 bridgehead atoms. The highest BCUT2D eigenvalue weighted by molar-refractivity contribution is 5.31. The van der Waals surface area contributed by atoms with Gasteiger partial charge in [-0.2, -0.15) is 0 Å². The van der Waals surface area contributed by atoms with Gasteiger partial charge in [-0.15, -0.1) is 6.58 Å². The molecule has 2 nitrogen and oxygen atoms in total. The SMILES string of the molecule is C=CCO[C@@H]1Cc2ccccc2C[C@@H]1O. The Labute approximate surface area is 90.2 Å². The molecule has 0 saturated heterocycles. The van der Waals surface area contributed by atoms with Crippen LogP contribution in [0.25, 0.3) is 0 Å². The van der Waals surface area contributed by atoms with E-state index in [1.54, 1.807) is 6.08 Å². The molecule has 1 aliphatic carbocycles. The van der Waals surface area contributed by atoms with E-state index in [9.17, 15) is 5.11 Å². The Kier molecular flexibility index (Phi) is 3.19. The molecule has 1 aromatic rings. The molecule has 0 fully saturated rings. The molecular formula is C13H16O2. The van der Waals surface area contributed by atoms with Crippen LogP contribution in [0.1, 0.15) is 11.1 Å². The van der Waals surface area contributed by atoms with Crippen molar-refractivity contribution in [3.8, 4) is 0 Å². The van der Waals surface area contributed by atoms with Crippen molar-refractivity contribution < 1.29 is 9.84 Å². The number of hydrogen-bond acceptors (Lipinski definition) is 2. The molecule has 0 amide bonds. The van der Waals surface area contributed by atoms with Gasteiger partial charge in [0.25, 0.3) is 0 Å². The minimum Gasteiger partial charge on any atom is -0.390 e. The number of aliphatic hydroxyl groups is 1. The van der Waals surface area contributed by atoms with Crippen LogP contribution in [0.5, 0.6) is 0 Å². The molecule has 0 radical (unpaired) electrons.